The number of nitrogens with one attached hydrogen (secondary N) is 3. The summed E-state index contributed by atoms with van der Waals surface area (Å²) in [5, 5.41) is 6.04. The zero-order chi connectivity index (χ0) is 31.6. The van der Waals surface area contributed by atoms with Crippen molar-refractivity contribution in [3.8, 4) is 11.1 Å². The monoisotopic (exact) mass is 617 g/mol. The molecule has 1 aromatic heterocycles. The van der Waals surface area contributed by atoms with Crippen LogP contribution in [0.4, 0.5) is 33.3 Å². The second-order valence-electron chi connectivity index (χ2n) is 12.0. The number of H-pyrrole nitrogens is 1. The Labute approximate surface area is 252 Å². The predicted octanol–water partition coefficient (Wildman–Crippen LogP) is 5.96. The molecule has 1 aliphatic heterocycles. The summed E-state index contributed by atoms with van der Waals surface area (Å²) in [5.74, 6) is -1.55. The van der Waals surface area contributed by atoms with E-state index in [0.29, 0.717) is 62.6 Å². The van der Waals surface area contributed by atoms with Crippen LogP contribution in [0.2, 0.25) is 0 Å². The number of halogens is 5. The van der Waals surface area contributed by atoms with E-state index in [2.05, 4.69) is 20.5 Å². The Morgan fingerprint density at radius 1 is 1.05 bits per heavy atom. The zero-order valence-electron chi connectivity index (χ0n) is 24.7. The largest absolute Gasteiger partial charge is 0.417 e. The van der Waals surface area contributed by atoms with Crippen molar-refractivity contribution < 1.29 is 26.7 Å². The van der Waals surface area contributed by atoms with Gasteiger partial charge in [-0.3, -0.25) is 9.59 Å². The van der Waals surface area contributed by atoms with Crippen molar-refractivity contribution in [2.75, 3.05) is 43.4 Å². The molecular weight excluding hydrogens is 581 g/mol. The Balaban J connectivity index is 1.45. The van der Waals surface area contributed by atoms with Crippen molar-refractivity contribution in [2.45, 2.75) is 57.0 Å². The molecule has 12 heteroatoms. The molecule has 0 bridgehead atoms. The van der Waals surface area contributed by atoms with Crippen LogP contribution >= 0.6 is 0 Å². The average Bonchev–Trinajstić information content (AvgIpc) is 2.97. The van der Waals surface area contributed by atoms with Gasteiger partial charge in [-0.25, -0.2) is 8.78 Å². The van der Waals surface area contributed by atoms with Gasteiger partial charge < -0.3 is 25.4 Å². The third-order valence-corrected chi connectivity index (χ3v) is 8.53. The lowest BCUT2D eigenvalue weighted by Gasteiger charge is -2.35. The molecule has 5 rings (SSSR count). The Bertz CT molecular complexity index is 1550. The highest BCUT2D eigenvalue weighted by atomic mass is 19.4. The average molecular weight is 618 g/mol. The summed E-state index contributed by atoms with van der Waals surface area (Å²) < 4.78 is 70.5. The molecule has 2 aromatic carbocycles. The third kappa shape index (κ3) is 7.47. The first-order valence-corrected chi connectivity index (χ1v) is 14.7. The summed E-state index contributed by atoms with van der Waals surface area (Å²) in [5.41, 5.74) is -1.89. The van der Waals surface area contributed by atoms with Gasteiger partial charge >= 0.3 is 6.18 Å². The fraction of sp³-hybridized carbons (Fsp3) is 0.438. The number of pyridine rings is 1. The molecule has 1 aliphatic carbocycles. The van der Waals surface area contributed by atoms with E-state index >= 15 is 4.39 Å². The number of nitrogens with zero attached hydrogens (tertiary/aromatic N) is 2. The van der Waals surface area contributed by atoms with Crippen molar-refractivity contribution in [2.24, 2.45) is 0 Å². The van der Waals surface area contributed by atoms with E-state index in [-0.39, 0.29) is 17.3 Å². The third-order valence-electron chi connectivity index (χ3n) is 8.53. The molecule has 0 spiro atoms. The fourth-order valence-electron chi connectivity index (χ4n) is 5.80. The predicted molar refractivity (Wildman–Crippen MR) is 160 cm³/mol. The summed E-state index contributed by atoms with van der Waals surface area (Å²) in [7, 11) is 1.98. The summed E-state index contributed by atoms with van der Waals surface area (Å²) in [6, 6.07) is 10.3. The second-order valence-corrected chi connectivity index (χ2v) is 12.0. The van der Waals surface area contributed by atoms with E-state index in [1.807, 2.05) is 11.9 Å². The lowest BCUT2D eigenvalue weighted by Crippen LogP contribution is -2.44. The minimum atomic E-state index is -4.93. The van der Waals surface area contributed by atoms with Gasteiger partial charge in [-0.05, 0) is 75.0 Å². The smallest absolute Gasteiger partial charge is 0.367 e. The summed E-state index contributed by atoms with van der Waals surface area (Å²) >= 11 is 0. The first-order chi connectivity index (χ1) is 20.8. The van der Waals surface area contributed by atoms with Crippen LogP contribution < -0.4 is 21.1 Å². The molecule has 236 valence electrons. The lowest BCUT2D eigenvalue weighted by molar-refractivity contribution is -0.138. The van der Waals surface area contributed by atoms with Gasteiger partial charge in [0.05, 0.1) is 22.5 Å². The summed E-state index contributed by atoms with van der Waals surface area (Å²) in [6.45, 7) is 4.78. The molecule has 0 unspecified atom stereocenters. The van der Waals surface area contributed by atoms with E-state index in [4.69, 9.17) is 0 Å². The molecule has 7 nitrogen and oxygen atoms in total. The molecular formula is C32H36F5N5O2. The van der Waals surface area contributed by atoms with Crippen molar-refractivity contribution in [3.05, 3.63) is 81.5 Å². The van der Waals surface area contributed by atoms with E-state index < -0.39 is 40.3 Å². The van der Waals surface area contributed by atoms with Crippen LogP contribution in [0, 0.1) is 5.82 Å². The van der Waals surface area contributed by atoms with Gasteiger partial charge in [0.25, 0.3) is 5.91 Å². The number of amides is 1. The number of alkyl halides is 4. The number of piperazine rings is 1. The quantitative estimate of drug-likeness (QED) is 0.285. The number of carbonyl (C=O) groups is 1. The van der Waals surface area contributed by atoms with E-state index in [9.17, 15) is 27.2 Å². The standard InChI is InChI=1S/C32H36F5N5O2/c1-31(34)9-7-22(8-10-31)38-18-20-3-5-26(33)23(15-20)21-4-6-28(42-13-11-41(2)12-14-42)27(16-21)40-30(44)24-19-39-29(43)17-25(24)32(35,36)37/h3-6,15-17,19,22,38H,7-14,18H2,1-2H3,(H,39,43)(H,40,44). The van der Waals surface area contributed by atoms with E-state index in [1.54, 1.807) is 37.3 Å². The second kappa shape index (κ2) is 12.7. The molecule has 2 aliphatic rings. The molecule has 1 amide bonds. The van der Waals surface area contributed by atoms with Crippen LogP contribution in [-0.2, 0) is 12.7 Å². The maximum absolute atomic E-state index is 15.2. The molecule has 2 heterocycles. The maximum Gasteiger partial charge on any atom is 0.417 e. The van der Waals surface area contributed by atoms with Gasteiger partial charge in [0.15, 0.2) is 0 Å². The van der Waals surface area contributed by atoms with Gasteiger partial charge in [0.2, 0.25) is 5.56 Å². The number of carbonyl (C=O) groups excluding carboxylic acids is 1. The Morgan fingerprint density at radius 3 is 2.43 bits per heavy atom. The van der Waals surface area contributed by atoms with Gasteiger partial charge in [-0.1, -0.05) is 12.1 Å². The number of rotatable bonds is 7. The van der Waals surface area contributed by atoms with Crippen LogP contribution in [0.3, 0.4) is 0 Å². The Kier molecular flexibility index (Phi) is 9.12. The number of likely N-dealkylation sites (N-methyl/N-ethyl adjacent to an activating group) is 1. The summed E-state index contributed by atoms with van der Waals surface area (Å²) in [4.78, 5) is 31.2. The van der Waals surface area contributed by atoms with Crippen LogP contribution in [0.25, 0.3) is 11.1 Å². The minimum absolute atomic E-state index is 0.159. The van der Waals surface area contributed by atoms with Crippen molar-refractivity contribution in [1.82, 2.24) is 15.2 Å². The van der Waals surface area contributed by atoms with Gasteiger partial charge in [-0.2, -0.15) is 13.2 Å². The number of aromatic amines is 1. The summed E-state index contributed by atoms with van der Waals surface area (Å²) in [6.07, 6.45) is -1.79. The Morgan fingerprint density at radius 2 is 1.75 bits per heavy atom. The fourth-order valence-corrected chi connectivity index (χ4v) is 5.80. The van der Waals surface area contributed by atoms with E-state index in [0.717, 1.165) is 24.8 Å². The number of hydrogen-bond donors (Lipinski definition) is 3. The first-order valence-electron chi connectivity index (χ1n) is 14.7. The molecule has 1 saturated heterocycles. The maximum atomic E-state index is 15.2. The van der Waals surface area contributed by atoms with E-state index in [1.165, 1.54) is 6.07 Å². The highest BCUT2D eigenvalue weighted by Crippen LogP contribution is 2.36. The zero-order valence-corrected chi connectivity index (χ0v) is 24.7. The first kappa shape index (κ1) is 31.6. The highest BCUT2D eigenvalue weighted by Gasteiger charge is 2.36. The molecule has 44 heavy (non-hydrogen) atoms. The molecule has 0 radical (unpaired) electrons. The van der Waals surface area contributed by atoms with Gasteiger partial charge in [0, 0.05) is 56.6 Å². The van der Waals surface area contributed by atoms with Crippen LogP contribution in [0.15, 0.2) is 53.5 Å². The van der Waals surface area contributed by atoms with Crippen molar-refractivity contribution in [3.63, 3.8) is 0 Å². The van der Waals surface area contributed by atoms with Crippen LogP contribution in [0.5, 0.6) is 0 Å². The van der Waals surface area contributed by atoms with Crippen molar-refractivity contribution in [1.29, 1.82) is 0 Å². The minimum Gasteiger partial charge on any atom is -0.367 e. The number of anilines is 2. The molecule has 1 saturated carbocycles. The normalized spacial score (nSPS) is 21.3. The molecule has 3 aromatic rings. The Hall–Kier alpha value is -3.77. The number of aromatic nitrogens is 1. The molecule has 0 atom stereocenters. The van der Waals surface area contributed by atoms with Crippen molar-refractivity contribution >= 4 is 17.3 Å². The van der Waals surface area contributed by atoms with Gasteiger partial charge in [-0.15, -0.1) is 0 Å². The van der Waals surface area contributed by atoms with Gasteiger partial charge in [0.1, 0.15) is 11.5 Å². The topological polar surface area (TPSA) is 80.5 Å². The van der Waals surface area contributed by atoms with Crippen LogP contribution in [-0.4, -0.2) is 60.7 Å². The highest BCUT2D eigenvalue weighted by molar-refractivity contribution is 6.07. The molecule has 3 N–H and O–H groups in total. The van der Waals surface area contributed by atoms with Crippen LogP contribution in [0.1, 0.15) is 54.1 Å². The SMILES string of the molecule is CN1CCN(c2ccc(-c3cc(CNC4CCC(C)(F)CC4)ccc3F)cc2NC(=O)c2c[nH]c(=O)cc2C(F)(F)F)CC1. The molecule has 2 fully saturated rings. The lowest BCUT2D eigenvalue weighted by atomic mass is 9.85. The number of hydrogen-bond acceptors (Lipinski definition) is 5. The number of benzene rings is 2.